The molecule has 0 aromatic heterocycles. The number of carbonyl (C=O) groups excluding carboxylic acids is 1. The van der Waals surface area contributed by atoms with Crippen molar-refractivity contribution in [2.75, 3.05) is 0 Å². The van der Waals surface area contributed by atoms with Crippen molar-refractivity contribution < 1.29 is 8.98 Å². The van der Waals surface area contributed by atoms with E-state index in [0.29, 0.717) is 17.6 Å². The van der Waals surface area contributed by atoms with Crippen molar-refractivity contribution in [2.45, 2.75) is 37.7 Å². The average molecular weight is 198 g/mol. The monoisotopic (exact) mass is 198 g/mol. The predicted molar refractivity (Wildman–Crippen MR) is 51.4 cm³/mol. The second kappa shape index (κ2) is 2.51. The molecule has 2 nitrogen and oxygen atoms in total. The summed E-state index contributed by atoms with van der Waals surface area (Å²) >= 11 is 3.98. The van der Waals surface area contributed by atoms with Crippen molar-refractivity contribution in [3.8, 4) is 0 Å². The summed E-state index contributed by atoms with van der Waals surface area (Å²) in [5.41, 5.74) is -0.0342. The Morgan fingerprint density at radius 2 is 1.85 bits per heavy atom. The molecule has 4 aliphatic rings. The summed E-state index contributed by atoms with van der Waals surface area (Å²) in [6, 6.07) is 0. The van der Waals surface area contributed by atoms with Gasteiger partial charge in [-0.25, -0.2) is 0 Å². The maximum atomic E-state index is 11.8. The molecule has 2 unspecified atom stereocenters. The molecule has 4 saturated carbocycles. The molecule has 72 valence electrons. The molecule has 0 spiro atoms. The average Bonchev–Trinajstić information content (AvgIpc) is 2.13. The molecule has 0 heterocycles. The fraction of sp³-hybridized carbons (Fsp3) is 0.900. The van der Waals surface area contributed by atoms with Crippen LogP contribution in [0.5, 0.6) is 0 Å². The number of Topliss-reactive ketones (excluding diaryl/α,β-unsaturated/α-hetero) is 1. The van der Waals surface area contributed by atoms with E-state index >= 15 is 0 Å². The number of rotatable bonds is 1. The highest BCUT2D eigenvalue weighted by Crippen LogP contribution is 2.55. The van der Waals surface area contributed by atoms with Crippen LogP contribution in [-0.2, 0) is 8.98 Å². The molecule has 4 aliphatic carbocycles. The first-order valence-corrected chi connectivity index (χ1v) is 5.45. The fourth-order valence-corrected chi connectivity index (χ4v) is 4.01. The van der Waals surface area contributed by atoms with Gasteiger partial charge in [-0.3, -0.25) is 4.79 Å². The standard InChI is InChI=1S/C10H14O2S/c11-9-7-1-6-2-8(9)5-10(3-6,4-7)12-13/h6-8,13H,1-5H2. The van der Waals surface area contributed by atoms with Gasteiger partial charge in [0.25, 0.3) is 0 Å². The van der Waals surface area contributed by atoms with Gasteiger partial charge in [0.1, 0.15) is 5.78 Å². The highest BCUT2D eigenvalue weighted by Gasteiger charge is 2.55. The topological polar surface area (TPSA) is 26.3 Å². The molecule has 0 radical (unpaired) electrons. The lowest BCUT2D eigenvalue weighted by atomic mass is 9.54. The van der Waals surface area contributed by atoms with Crippen LogP contribution in [0.25, 0.3) is 0 Å². The van der Waals surface area contributed by atoms with Crippen LogP contribution in [0.4, 0.5) is 0 Å². The molecule has 3 heteroatoms. The van der Waals surface area contributed by atoms with Crippen LogP contribution in [0.1, 0.15) is 32.1 Å². The van der Waals surface area contributed by atoms with Gasteiger partial charge >= 0.3 is 0 Å². The Balaban J connectivity index is 1.96. The Bertz CT molecular complexity index is 246. The number of ketones is 1. The van der Waals surface area contributed by atoms with Crippen molar-refractivity contribution in [3.63, 3.8) is 0 Å². The Kier molecular flexibility index (Phi) is 1.60. The Labute approximate surface area is 83.6 Å². The van der Waals surface area contributed by atoms with Crippen LogP contribution in [0.3, 0.4) is 0 Å². The third-order valence-electron chi connectivity index (χ3n) is 4.13. The van der Waals surface area contributed by atoms with Crippen LogP contribution in [0, 0.1) is 17.8 Å². The molecule has 4 bridgehead atoms. The Hall–Kier alpha value is -0.0200. The first kappa shape index (κ1) is 8.30. The first-order chi connectivity index (χ1) is 6.22. The Morgan fingerprint density at radius 1 is 1.23 bits per heavy atom. The van der Waals surface area contributed by atoms with E-state index in [1.165, 1.54) is 0 Å². The van der Waals surface area contributed by atoms with E-state index in [4.69, 9.17) is 4.18 Å². The third kappa shape index (κ3) is 1.03. The van der Waals surface area contributed by atoms with E-state index in [2.05, 4.69) is 12.9 Å². The predicted octanol–water partition coefficient (Wildman–Crippen LogP) is 2.00. The van der Waals surface area contributed by atoms with Gasteiger partial charge in [0.2, 0.25) is 0 Å². The first-order valence-electron chi connectivity index (χ1n) is 5.09. The minimum Gasteiger partial charge on any atom is -0.312 e. The molecule has 2 atom stereocenters. The minimum atomic E-state index is -0.0342. The summed E-state index contributed by atoms with van der Waals surface area (Å²) in [6.07, 6.45) is 5.24. The smallest absolute Gasteiger partial charge is 0.139 e. The SMILES string of the molecule is O=C1C2CC3CC1CC(OS)(C3)C2. The summed E-state index contributed by atoms with van der Waals surface area (Å²) in [7, 11) is 0. The lowest BCUT2D eigenvalue weighted by molar-refractivity contribution is -0.154. The number of carbonyl (C=O) groups is 1. The summed E-state index contributed by atoms with van der Waals surface area (Å²) in [4.78, 5) is 11.8. The van der Waals surface area contributed by atoms with Crippen LogP contribution in [0.15, 0.2) is 0 Å². The van der Waals surface area contributed by atoms with Crippen molar-refractivity contribution in [1.82, 2.24) is 0 Å². The zero-order chi connectivity index (χ0) is 9.05. The lowest BCUT2D eigenvalue weighted by Crippen LogP contribution is -2.55. The largest absolute Gasteiger partial charge is 0.312 e. The van der Waals surface area contributed by atoms with Gasteiger partial charge in [-0.2, -0.15) is 0 Å². The fourth-order valence-electron chi connectivity index (χ4n) is 3.79. The summed E-state index contributed by atoms with van der Waals surface area (Å²) in [5, 5.41) is 0. The van der Waals surface area contributed by atoms with E-state index in [1.807, 2.05) is 0 Å². The van der Waals surface area contributed by atoms with E-state index in [0.717, 1.165) is 38.0 Å². The highest BCUT2D eigenvalue weighted by atomic mass is 32.1. The Morgan fingerprint density at radius 3 is 2.38 bits per heavy atom. The van der Waals surface area contributed by atoms with Crippen molar-refractivity contribution in [2.24, 2.45) is 17.8 Å². The van der Waals surface area contributed by atoms with Gasteiger partial charge in [-0.1, -0.05) is 0 Å². The molecular formula is C10H14O2S. The molecular weight excluding hydrogens is 184 g/mol. The molecule has 13 heavy (non-hydrogen) atoms. The molecule has 0 amide bonds. The van der Waals surface area contributed by atoms with E-state index in [-0.39, 0.29) is 5.60 Å². The number of hydrogen-bond acceptors (Lipinski definition) is 3. The highest BCUT2D eigenvalue weighted by molar-refractivity contribution is 7.75. The summed E-state index contributed by atoms with van der Waals surface area (Å²) in [6.45, 7) is 0. The van der Waals surface area contributed by atoms with Gasteiger partial charge in [-0.05, 0) is 50.9 Å². The second-order valence-corrected chi connectivity index (χ2v) is 5.20. The van der Waals surface area contributed by atoms with Crippen LogP contribution in [-0.4, -0.2) is 11.4 Å². The zero-order valence-electron chi connectivity index (χ0n) is 7.53. The van der Waals surface area contributed by atoms with Gasteiger partial charge in [0, 0.05) is 11.8 Å². The lowest BCUT2D eigenvalue weighted by Gasteiger charge is -2.54. The molecule has 4 rings (SSSR count). The van der Waals surface area contributed by atoms with Gasteiger partial charge in [0.05, 0.1) is 5.60 Å². The molecule has 0 N–H and O–H groups in total. The number of thiol groups is 1. The maximum absolute atomic E-state index is 11.8. The van der Waals surface area contributed by atoms with Crippen LogP contribution in [0.2, 0.25) is 0 Å². The van der Waals surface area contributed by atoms with Crippen molar-refractivity contribution in [3.05, 3.63) is 0 Å². The van der Waals surface area contributed by atoms with E-state index < -0.39 is 0 Å². The molecule has 0 saturated heterocycles. The summed E-state index contributed by atoms with van der Waals surface area (Å²) in [5.74, 6) is 1.86. The molecule has 0 aliphatic heterocycles. The summed E-state index contributed by atoms with van der Waals surface area (Å²) < 4.78 is 5.34. The van der Waals surface area contributed by atoms with Gasteiger partial charge in [-0.15, -0.1) is 0 Å². The van der Waals surface area contributed by atoms with E-state index in [9.17, 15) is 4.79 Å². The molecule has 0 aromatic carbocycles. The zero-order valence-corrected chi connectivity index (χ0v) is 8.43. The normalized spacial score (nSPS) is 53.0. The quantitative estimate of drug-likeness (QED) is 0.515. The molecule has 0 aromatic rings. The minimum absolute atomic E-state index is 0.0342. The van der Waals surface area contributed by atoms with Crippen molar-refractivity contribution >= 4 is 18.7 Å². The number of hydrogen-bond donors (Lipinski definition) is 1. The van der Waals surface area contributed by atoms with Crippen LogP contribution < -0.4 is 0 Å². The van der Waals surface area contributed by atoms with Crippen LogP contribution >= 0.6 is 12.9 Å². The van der Waals surface area contributed by atoms with Gasteiger partial charge < -0.3 is 4.18 Å². The third-order valence-corrected chi connectivity index (χ3v) is 4.52. The maximum Gasteiger partial charge on any atom is 0.139 e. The van der Waals surface area contributed by atoms with Crippen molar-refractivity contribution in [1.29, 1.82) is 0 Å². The molecule has 4 fully saturated rings. The second-order valence-electron chi connectivity index (χ2n) is 5.02. The van der Waals surface area contributed by atoms with Gasteiger partial charge in [0.15, 0.2) is 0 Å². The van der Waals surface area contributed by atoms with E-state index in [1.54, 1.807) is 0 Å².